The fraction of sp³-hybridized carbons (Fsp3) is 0.832. The minimum atomic E-state index is -2.29. The van der Waals surface area contributed by atoms with Crippen LogP contribution >= 0.6 is 0 Å². The van der Waals surface area contributed by atoms with Crippen molar-refractivity contribution in [2.75, 3.05) is 0 Å². The zero-order valence-corrected chi connectivity index (χ0v) is 105. The second kappa shape index (κ2) is 63.2. The van der Waals surface area contributed by atoms with E-state index in [4.69, 9.17) is 41.2 Å². The smallest absolute Gasteiger partial charge is 0.317 e. The SMILES string of the molecule is C=C.C=C.CCCC[Si](C)(C)O[Si](C)(C)CCC.CCCC[Si](C)(C)O[Si](C)(C)CCCC.CCCC[Si](C)(C)c1ccc([Si](C)(C)CCC)cc1.CCCC[Si](C)(C)c1ccc([Si](C)(C)CCCC)cc1.CCCC[Si]1(C)O[Si](C)(CC)O[Si](C)(CCCC)O[Si](C)(CCCC)O1.CCC[Si]1(C)O[Si](C)(CC)O[Si](C)(CCC)O[Si](C)(CCC)O1. The second-order valence-corrected chi connectivity index (χ2v) is 108. The molecule has 0 amide bonds. The second-order valence-electron chi connectivity index (χ2n) is 42.2. The lowest BCUT2D eigenvalue weighted by atomic mass is 10.4. The molecule has 2 heterocycles. The van der Waals surface area contributed by atoms with Gasteiger partial charge >= 0.3 is 68.5 Å². The Hall–Kier alpha value is 0.990. The van der Waals surface area contributed by atoms with Crippen LogP contribution in [-0.2, 0) is 41.2 Å². The highest BCUT2D eigenvalue weighted by molar-refractivity contribution is 6.96. The molecule has 718 valence electrons. The first kappa shape index (κ1) is 128. The third kappa shape index (κ3) is 55.3. The molecule has 0 aromatic heterocycles. The molecule has 121 heavy (non-hydrogen) atoms. The summed E-state index contributed by atoms with van der Waals surface area (Å²) in [7, 11) is -28.2. The molecule has 10 nitrogen and oxygen atoms in total. The highest BCUT2D eigenvalue weighted by Crippen LogP contribution is 2.41. The van der Waals surface area contributed by atoms with Crippen molar-refractivity contribution in [1.29, 1.82) is 0 Å². The van der Waals surface area contributed by atoms with Gasteiger partial charge in [-0.2, -0.15) is 0 Å². The lowest BCUT2D eigenvalue weighted by Crippen LogP contribution is -2.67. The predicted octanol–water partition coefficient (Wildman–Crippen LogP) is 33.5. The molecule has 2 aromatic rings. The van der Waals surface area contributed by atoms with Crippen LogP contribution in [0.3, 0.4) is 0 Å². The number of hydrogen-bond donors (Lipinski definition) is 0. The molecule has 26 heteroatoms. The van der Waals surface area contributed by atoms with Gasteiger partial charge in [-0.25, -0.2) is 0 Å². The highest BCUT2D eigenvalue weighted by atomic mass is 28.5. The molecule has 2 saturated heterocycles. The Morgan fingerprint density at radius 3 is 0.545 bits per heavy atom. The van der Waals surface area contributed by atoms with Crippen molar-refractivity contribution in [2.45, 2.75) is 512 Å². The Morgan fingerprint density at radius 2 is 0.372 bits per heavy atom. The normalized spacial score (nSPS) is 23.7. The standard InChI is InChI=1S/C18H44O4Si4.C18H34Si2.C17H32Si2.C15H38O4Si4.C12H30OSi2.C11H28OSi2.2C2H4/c1-9-13-16-24(6)19-23(5,12-4)20-25(7,17-14-10-2)22-26(8,21-24)18-15-11-3;1-7-9-15-19(3,4)17-11-13-18(14-12-17)20(5,6)16-10-8-2;1-7-9-15-19(5,6)17-12-10-16(11-13-17)18(3,4)14-8-2;1-9-13-21(6)16-20(5,12-4)17-22(7,14-10-2)19-23(8,18-21)15-11-3;1-7-9-11-14(3,4)13-15(5,6)12-10-8-2;1-7-9-11-14(5,6)12-13(3,4)10-8-2;2*1-2/h9-18H2,1-8H3;11-14H,7-10,15-16H2,1-6H3;10-13H,7-9,14-15H2,1-6H3;9-15H2,1-8H3;7-12H2,1-6H3;7-11H2,1-6H3;2*1-2H2. The molecule has 0 saturated carbocycles. The molecule has 0 bridgehead atoms. The molecule has 2 aliphatic rings. The average Bonchev–Trinajstić information content (AvgIpc) is 0.770. The van der Waals surface area contributed by atoms with Crippen molar-refractivity contribution >= 4 is 155 Å². The van der Waals surface area contributed by atoms with Gasteiger partial charge in [0.15, 0.2) is 33.3 Å². The number of unbranched alkanes of at least 4 members (excludes halogenated alkanes) is 9. The Labute approximate surface area is 776 Å². The largest absolute Gasteiger partial charge is 0.455 e. The molecule has 2 aliphatic heterocycles. The van der Waals surface area contributed by atoms with Crippen LogP contribution < -0.4 is 20.7 Å². The van der Waals surface area contributed by atoms with Crippen LogP contribution in [0.25, 0.3) is 0 Å². The molecule has 4 rings (SSSR count). The Bertz CT molecular complexity index is 2790. The summed E-state index contributed by atoms with van der Waals surface area (Å²) in [4.78, 5) is 0. The first-order valence-corrected chi connectivity index (χ1v) is 95.7. The van der Waals surface area contributed by atoms with Gasteiger partial charge in [0.05, 0.1) is 32.3 Å². The van der Waals surface area contributed by atoms with Gasteiger partial charge in [-0.15, -0.1) is 26.3 Å². The van der Waals surface area contributed by atoms with Crippen LogP contribution in [0.1, 0.15) is 258 Å². The Kier molecular flexibility index (Phi) is 67.0. The zero-order chi connectivity index (χ0) is 94.6. The van der Waals surface area contributed by atoms with Crippen molar-refractivity contribution in [3.63, 3.8) is 0 Å². The molecule has 2 aromatic carbocycles. The summed E-state index contributed by atoms with van der Waals surface area (Å²) in [6, 6.07) is 38.8. The Balaban J connectivity index is -0.000000680. The lowest BCUT2D eigenvalue weighted by Gasteiger charge is -2.50. The maximum Gasteiger partial charge on any atom is 0.317 e. The predicted molar refractivity (Wildman–Crippen MR) is 591 cm³/mol. The minimum Gasteiger partial charge on any atom is -0.455 e. The van der Waals surface area contributed by atoms with E-state index >= 15 is 0 Å². The molecular weight excluding hydrogens is 1750 g/mol. The van der Waals surface area contributed by atoms with Crippen molar-refractivity contribution in [3.05, 3.63) is 74.8 Å². The maximum absolute atomic E-state index is 6.97. The molecular formula is C95H214O10Si16. The number of rotatable bonds is 47. The third-order valence-corrected chi connectivity index (χ3v) is 92.0. The average molecular weight is 1970 g/mol. The monoisotopic (exact) mass is 1960 g/mol. The van der Waals surface area contributed by atoms with Crippen LogP contribution in [0.15, 0.2) is 74.8 Å². The summed E-state index contributed by atoms with van der Waals surface area (Å²) < 4.78 is 67.8. The third-order valence-electron chi connectivity index (χ3n) is 24.4. The zero-order valence-electron chi connectivity index (χ0n) is 89.1. The van der Waals surface area contributed by atoms with E-state index in [0.29, 0.717) is 0 Å². The van der Waals surface area contributed by atoms with Gasteiger partial charge < -0.3 is 41.2 Å². The first-order valence-electron chi connectivity index (χ1n) is 50.2. The quantitative estimate of drug-likeness (QED) is 0.0471. The number of benzene rings is 2. The van der Waals surface area contributed by atoms with E-state index in [1.165, 1.54) is 177 Å². The van der Waals surface area contributed by atoms with Gasteiger partial charge in [0, 0.05) is 0 Å². The van der Waals surface area contributed by atoms with Crippen LogP contribution in [0.5, 0.6) is 0 Å². The summed E-state index contributed by atoms with van der Waals surface area (Å²) in [5.74, 6) is 0. The van der Waals surface area contributed by atoms with Gasteiger partial charge in [-0.3, -0.25) is 0 Å². The molecule has 0 spiro atoms. The van der Waals surface area contributed by atoms with E-state index < -0.39 is 134 Å². The van der Waals surface area contributed by atoms with Gasteiger partial charge in [0.2, 0.25) is 0 Å². The topological polar surface area (TPSA) is 92.3 Å². The van der Waals surface area contributed by atoms with E-state index in [9.17, 15) is 0 Å². The van der Waals surface area contributed by atoms with E-state index in [1.807, 2.05) is 0 Å². The maximum atomic E-state index is 6.97. The van der Waals surface area contributed by atoms with Gasteiger partial charge in [-0.05, 0) is 177 Å². The van der Waals surface area contributed by atoms with Gasteiger partial charge in [0.1, 0.15) is 0 Å². The lowest BCUT2D eigenvalue weighted by molar-refractivity contribution is 0.219. The molecule has 4 atom stereocenters. The van der Waals surface area contributed by atoms with Crippen molar-refractivity contribution in [3.8, 4) is 0 Å². The highest BCUT2D eigenvalue weighted by Gasteiger charge is 2.58. The summed E-state index contributed by atoms with van der Waals surface area (Å²) in [5.41, 5.74) is 0. The minimum absolute atomic E-state index is 0.963. The molecule has 0 N–H and O–H groups in total. The summed E-state index contributed by atoms with van der Waals surface area (Å²) in [6.45, 7) is 105. The summed E-state index contributed by atoms with van der Waals surface area (Å²) in [6.07, 6.45) is 29.0. The van der Waals surface area contributed by atoms with Crippen LogP contribution in [0, 0.1) is 0 Å². The van der Waals surface area contributed by atoms with Crippen molar-refractivity contribution in [2.24, 2.45) is 0 Å². The van der Waals surface area contributed by atoms with E-state index in [-0.39, 0.29) is 0 Å². The summed E-state index contributed by atoms with van der Waals surface area (Å²) in [5, 5.41) is 6.58. The molecule has 4 unspecified atom stereocenters. The van der Waals surface area contributed by atoms with E-state index in [2.05, 4.69) is 343 Å². The van der Waals surface area contributed by atoms with E-state index in [0.717, 1.165) is 67.6 Å². The first-order chi connectivity index (χ1) is 56.0. The van der Waals surface area contributed by atoms with Crippen LogP contribution in [0.4, 0.5) is 0 Å². The molecule has 2 fully saturated rings. The Morgan fingerprint density at radius 1 is 0.207 bits per heavy atom. The van der Waals surface area contributed by atoms with Crippen LogP contribution in [0.2, 0.25) is 254 Å². The fourth-order valence-electron chi connectivity index (χ4n) is 17.5. The fourth-order valence-corrected chi connectivity index (χ4v) is 92.8. The van der Waals surface area contributed by atoms with E-state index in [1.54, 1.807) is 20.7 Å². The van der Waals surface area contributed by atoms with Crippen molar-refractivity contribution < 1.29 is 41.2 Å². The van der Waals surface area contributed by atoms with Gasteiger partial charge in [-0.1, -0.05) is 404 Å². The molecule has 0 radical (unpaired) electrons. The van der Waals surface area contributed by atoms with Crippen LogP contribution in [-0.4, -0.2) is 134 Å². The number of hydrogen-bond acceptors (Lipinski definition) is 10. The summed E-state index contributed by atoms with van der Waals surface area (Å²) >= 11 is 0. The molecule has 0 aliphatic carbocycles. The van der Waals surface area contributed by atoms with Crippen molar-refractivity contribution in [1.82, 2.24) is 0 Å². The van der Waals surface area contributed by atoms with Gasteiger partial charge in [0.25, 0.3) is 0 Å².